The second-order valence-corrected chi connectivity index (χ2v) is 6.31. The van der Waals surface area contributed by atoms with Crippen molar-refractivity contribution >= 4 is 28.3 Å². The molecule has 1 atom stereocenters. The van der Waals surface area contributed by atoms with Crippen molar-refractivity contribution in [1.29, 1.82) is 0 Å². The molecule has 2 aromatic rings. The Hall–Kier alpha value is -2.48. The summed E-state index contributed by atoms with van der Waals surface area (Å²) in [5, 5.41) is 6.08. The average Bonchev–Trinajstić information content (AvgIpc) is 2.95. The summed E-state index contributed by atoms with van der Waals surface area (Å²) < 4.78 is 13.3. The molecule has 3 amide bonds. The Morgan fingerprint density at radius 2 is 2.22 bits per heavy atom. The first-order valence-corrected chi connectivity index (χ1v) is 7.96. The zero-order chi connectivity index (χ0) is 16.4. The summed E-state index contributed by atoms with van der Waals surface area (Å²) in [4.78, 5) is 26.9. The number of hydrogen-bond donors (Lipinski definition) is 3. The normalized spacial score (nSPS) is 16.5. The number of amides is 3. The molecule has 1 aromatic heterocycles. The van der Waals surface area contributed by atoms with E-state index in [0.29, 0.717) is 5.00 Å². The van der Waals surface area contributed by atoms with Gasteiger partial charge in [0.25, 0.3) is 5.91 Å². The number of primary amides is 1. The second-order valence-electron chi connectivity index (χ2n) is 5.28. The van der Waals surface area contributed by atoms with Crippen molar-refractivity contribution in [3.63, 3.8) is 0 Å². The van der Waals surface area contributed by atoms with Crippen LogP contribution in [0.3, 0.4) is 0 Å². The number of carbonyl (C=O) groups is 2. The summed E-state index contributed by atoms with van der Waals surface area (Å²) >= 11 is 1.01. The smallest absolute Gasteiger partial charge is 0.320 e. The molecule has 0 spiro atoms. The van der Waals surface area contributed by atoms with E-state index in [9.17, 15) is 14.0 Å². The van der Waals surface area contributed by atoms with Crippen LogP contribution in [0, 0.1) is 5.82 Å². The highest BCUT2D eigenvalue weighted by Crippen LogP contribution is 2.30. The van der Waals surface area contributed by atoms with Crippen LogP contribution in [-0.2, 0) is 6.42 Å². The molecule has 1 unspecified atom stereocenters. The number of carbonyl (C=O) groups excluding carboxylic acids is 2. The molecule has 6 nitrogen and oxygen atoms in total. The predicted molar refractivity (Wildman–Crippen MR) is 84.9 cm³/mol. The Morgan fingerprint density at radius 3 is 2.96 bits per heavy atom. The van der Waals surface area contributed by atoms with E-state index in [2.05, 4.69) is 15.6 Å². The van der Waals surface area contributed by atoms with Crippen molar-refractivity contribution < 1.29 is 14.0 Å². The second kappa shape index (κ2) is 6.33. The van der Waals surface area contributed by atoms with Crippen LogP contribution < -0.4 is 16.4 Å². The van der Waals surface area contributed by atoms with Gasteiger partial charge in [-0.3, -0.25) is 10.1 Å². The van der Waals surface area contributed by atoms with Crippen molar-refractivity contribution in [2.75, 3.05) is 5.32 Å². The minimum Gasteiger partial charge on any atom is -0.364 e. The monoisotopic (exact) mass is 334 g/mol. The zero-order valence-electron chi connectivity index (χ0n) is 12.1. The summed E-state index contributed by atoms with van der Waals surface area (Å²) in [6.07, 6.45) is 3.87. The number of aryl methyl sites for hydroxylation is 1. The number of urea groups is 1. The molecule has 120 valence electrons. The Kier molecular flexibility index (Phi) is 4.24. The molecule has 3 rings (SSSR count). The largest absolute Gasteiger partial charge is 0.364 e. The number of anilines is 1. The predicted octanol–water partition coefficient (Wildman–Crippen LogP) is 2.58. The van der Waals surface area contributed by atoms with E-state index < -0.39 is 11.9 Å². The molecule has 0 saturated carbocycles. The molecule has 0 aliphatic heterocycles. The number of nitrogens with zero attached hydrogens (tertiary/aromatic N) is 1. The molecular weight excluding hydrogens is 319 g/mol. The quantitative estimate of drug-likeness (QED) is 0.805. The third-order valence-corrected chi connectivity index (χ3v) is 4.61. The first-order chi connectivity index (χ1) is 11.0. The van der Waals surface area contributed by atoms with Gasteiger partial charge in [0.05, 0.1) is 12.2 Å². The number of rotatable bonds is 3. The molecule has 0 fully saturated rings. The van der Waals surface area contributed by atoms with Gasteiger partial charge in [0.15, 0.2) is 5.01 Å². The molecule has 0 saturated heterocycles. The van der Waals surface area contributed by atoms with Gasteiger partial charge >= 0.3 is 6.03 Å². The van der Waals surface area contributed by atoms with Gasteiger partial charge in [0.1, 0.15) is 10.8 Å². The van der Waals surface area contributed by atoms with Crippen molar-refractivity contribution in [3.05, 3.63) is 46.3 Å². The first-order valence-electron chi connectivity index (χ1n) is 7.14. The summed E-state index contributed by atoms with van der Waals surface area (Å²) in [6.45, 7) is 0. The van der Waals surface area contributed by atoms with Crippen LogP contribution >= 0.6 is 11.3 Å². The maximum atomic E-state index is 13.3. The Labute approximate surface area is 135 Å². The van der Waals surface area contributed by atoms with Crippen molar-refractivity contribution in [1.82, 2.24) is 10.3 Å². The van der Waals surface area contributed by atoms with Crippen molar-refractivity contribution in [2.45, 2.75) is 25.3 Å². The molecule has 8 heteroatoms. The van der Waals surface area contributed by atoms with Crippen LogP contribution in [-0.4, -0.2) is 16.9 Å². The summed E-state index contributed by atoms with van der Waals surface area (Å²) in [7, 11) is 0. The molecule has 1 aromatic carbocycles. The Balaban J connectivity index is 1.68. The lowest BCUT2D eigenvalue weighted by molar-refractivity contribution is 0.1000. The number of aromatic nitrogens is 1. The van der Waals surface area contributed by atoms with E-state index in [1.54, 1.807) is 6.07 Å². The molecule has 0 bridgehead atoms. The van der Waals surface area contributed by atoms with E-state index >= 15 is 0 Å². The van der Waals surface area contributed by atoms with Crippen LogP contribution in [0.2, 0.25) is 0 Å². The Morgan fingerprint density at radius 1 is 1.39 bits per heavy atom. The van der Waals surface area contributed by atoms with Gasteiger partial charge in [-0.15, -0.1) is 0 Å². The fraction of sp³-hybridized carbons (Fsp3) is 0.267. The minimum atomic E-state index is -0.633. The molecule has 0 radical (unpaired) electrons. The molecule has 4 N–H and O–H groups in total. The highest BCUT2D eigenvalue weighted by atomic mass is 32.1. The lowest BCUT2D eigenvalue weighted by atomic mass is 9.88. The lowest BCUT2D eigenvalue weighted by Crippen LogP contribution is -2.34. The number of fused-ring (bicyclic) bond motifs is 1. The number of nitrogens with two attached hydrogens (primary N) is 1. The average molecular weight is 334 g/mol. The fourth-order valence-corrected chi connectivity index (χ4v) is 3.35. The lowest BCUT2D eigenvalue weighted by Gasteiger charge is -2.26. The SMILES string of the molecule is NC(=O)c1ncc(NC(=O)NC2CCCc3cc(F)ccc32)s1. The van der Waals surface area contributed by atoms with Crippen molar-refractivity contribution in [2.24, 2.45) is 5.73 Å². The van der Waals surface area contributed by atoms with Gasteiger partial charge in [-0.05, 0) is 42.5 Å². The minimum absolute atomic E-state index is 0.138. The zero-order valence-corrected chi connectivity index (χ0v) is 13.0. The van der Waals surface area contributed by atoms with Crippen LogP contribution in [0.15, 0.2) is 24.4 Å². The van der Waals surface area contributed by atoms with Crippen LogP contribution in [0.4, 0.5) is 14.2 Å². The van der Waals surface area contributed by atoms with Gasteiger partial charge in [-0.2, -0.15) is 0 Å². The number of nitrogens with one attached hydrogen (secondary N) is 2. The first kappa shape index (κ1) is 15.4. The summed E-state index contributed by atoms with van der Waals surface area (Å²) in [6, 6.07) is 4.07. The standard InChI is InChI=1S/C15H15FN4O2S/c16-9-4-5-10-8(6-9)2-1-3-11(10)19-15(22)20-12-7-18-14(23-12)13(17)21/h4-7,11H,1-3H2,(H2,17,21)(H2,19,20,22). The Bertz CT molecular complexity index is 762. The van der Waals surface area contributed by atoms with E-state index in [4.69, 9.17) is 5.73 Å². The van der Waals surface area contributed by atoms with Crippen LogP contribution in [0.5, 0.6) is 0 Å². The van der Waals surface area contributed by atoms with E-state index in [1.807, 2.05) is 0 Å². The maximum absolute atomic E-state index is 13.3. The van der Waals surface area contributed by atoms with Gasteiger partial charge in [0.2, 0.25) is 0 Å². The van der Waals surface area contributed by atoms with E-state index in [0.717, 1.165) is 41.7 Å². The highest BCUT2D eigenvalue weighted by molar-refractivity contribution is 7.17. The summed E-state index contributed by atoms with van der Waals surface area (Å²) in [5.74, 6) is -0.899. The van der Waals surface area contributed by atoms with Crippen molar-refractivity contribution in [3.8, 4) is 0 Å². The fourth-order valence-electron chi connectivity index (χ4n) is 2.68. The maximum Gasteiger partial charge on any atom is 0.320 e. The van der Waals surface area contributed by atoms with Gasteiger partial charge in [0, 0.05) is 0 Å². The number of thiazole rings is 1. The van der Waals surface area contributed by atoms with Gasteiger partial charge in [-0.1, -0.05) is 17.4 Å². The molecule has 1 aliphatic rings. The topological polar surface area (TPSA) is 97.1 Å². The van der Waals surface area contributed by atoms with E-state index in [-0.39, 0.29) is 16.9 Å². The van der Waals surface area contributed by atoms with E-state index in [1.165, 1.54) is 18.3 Å². The highest BCUT2D eigenvalue weighted by Gasteiger charge is 2.22. The third-order valence-electron chi connectivity index (χ3n) is 3.68. The number of halogens is 1. The van der Waals surface area contributed by atoms with Crippen LogP contribution in [0.1, 0.15) is 39.8 Å². The summed E-state index contributed by atoms with van der Waals surface area (Å²) in [5.41, 5.74) is 6.99. The van der Waals surface area contributed by atoms with Gasteiger partial charge < -0.3 is 11.1 Å². The number of hydrogen-bond acceptors (Lipinski definition) is 4. The van der Waals surface area contributed by atoms with Gasteiger partial charge in [-0.25, -0.2) is 14.2 Å². The molecule has 1 heterocycles. The third kappa shape index (κ3) is 3.48. The molecular formula is C15H15FN4O2S. The molecule has 23 heavy (non-hydrogen) atoms. The molecule has 1 aliphatic carbocycles. The van der Waals surface area contributed by atoms with Crippen LogP contribution in [0.25, 0.3) is 0 Å². The number of benzene rings is 1.